The van der Waals surface area contributed by atoms with Crippen molar-refractivity contribution in [1.29, 1.82) is 0 Å². The van der Waals surface area contributed by atoms with Crippen LogP contribution < -0.4 is 0 Å². The molecule has 4 nitrogen and oxygen atoms in total. The molecule has 0 atom stereocenters. The van der Waals surface area contributed by atoms with Gasteiger partial charge in [0.1, 0.15) is 5.78 Å². The lowest BCUT2D eigenvalue weighted by Crippen LogP contribution is -2.06. The second kappa shape index (κ2) is 7.03. The van der Waals surface area contributed by atoms with Crippen molar-refractivity contribution >= 4 is 46.6 Å². The molecule has 7 heteroatoms. The van der Waals surface area contributed by atoms with Gasteiger partial charge in [0.2, 0.25) is 0 Å². The first kappa shape index (κ1) is 14.5. The van der Waals surface area contributed by atoms with Crippen molar-refractivity contribution < 1.29 is 14.3 Å². The quantitative estimate of drug-likeness (QED) is 0.593. The van der Waals surface area contributed by atoms with Crippen LogP contribution in [-0.2, 0) is 9.53 Å². The van der Waals surface area contributed by atoms with E-state index in [1.165, 1.54) is 41.8 Å². The standard InChI is InChI=1S/C10H13NO3S3/c1-4-14-8(13)7-9(16-5-6(2)12)17-10(11-7)15-3/h4-5H2,1-3H3. The summed E-state index contributed by atoms with van der Waals surface area (Å²) in [7, 11) is 0. The Morgan fingerprint density at radius 1 is 1.47 bits per heavy atom. The summed E-state index contributed by atoms with van der Waals surface area (Å²) < 4.78 is 6.49. The van der Waals surface area contributed by atoms with Crippen LogP contribution in [0.5, 0.6) is 0 Å². The van der Waals surface area contributed by atoms with Gasteiger partial charge in [-0.15, -0.1) is 23.1 Å². The summed E-state index contributed by atoms with van der Waals surface area (Å²) in [4.78, 5) is 26.8. The second-order valence-corrected chi connectivity index (χ2v) is 6.33. The largest absolute Gasteiger partial charge is 0.461 e. The maximum Gasteiger partial charge on any atom is 0.359 e. The first-order valence-corrected chi connectivity index (χ1v) is 7.95. The minimum absolute atomic E-state index is 0.0731. The van der Waals surface area contributed by atoms with Crippen molar-refractivity contribution in [1.82, 2.24) is 4.98 Å². The predicted octanol–water partition coefficient (Wildman–Crippen LogP) is 2.72. The number of aromatic nitrogens is 1. The number of carbonyl (C=O) groups is 2. The van der Waals surface area contributed by atoms with E-state index >= 15 is 0 Å². The summed E-state index contributed by atoms with van der Waals surface area (Å²) in [5.74, 6) is 0.00149. The maximum atomic E-state index is 11.7. The molecule has 1 heterocycles. The number of nitrogens with zero attached hydrogens (tertiary/aromatic N) is 1. The summed E-state index contributed by atoms with van der Waals surface area (Å²) in [6.45, 7) is 3.59. The Bertz CT molecular complexity index is 417. The fourth-order valence-corrected chi connectivity index (χ4v) is 3.66. The third-order valence-corrected chi connectivity index (χ3v) is 5.07. The Morgan fingerprint density at radius 2 is 2.18 bits per heavy atom. The lowest BCUT2D eigenvalue weighted by molar-refractivity contribution is -0.114. The van der Waals surface area contributed by atoms with Gasteiger partial charge in [-0.25, -0.2) is 9.78 Å². The average Bonchev–Trinajstić information content (AvgIpc) is 2.70. The summed E-state index contributed by atoms with van der Waals surface area (Å²) in [6, 6.07) is 0. The van der Waals surface area contributed by atoms with E-state index in [4.69, 9.17) is 4.74 Å². The first-order valence-electron chi connectivity index (χ1n) is 4.92. The molecule has 1 rings (SSSR count). The number of ether oxygens (including phenoxy) is 1. The summed E-state index contributed by atoms with van der Waals surface area (Å²) in [5.41, 5.74) is 0.326. The molecule has 0 radical (unpaired) electrons. The van der Waals surface area contributed by atoms with Crippen molar-refractivity contribution in [3.05, 3.63) is 5.69 Å². The number of carbonyl (C=O) groups excluding carboxylic acids is 2. The van der Waals surface area contributed by atoms with E-state index in [1.54, 1.807) is 6.92 Å². The zero-order chi connectivity index (χ0) is 12.8. The minimum atomic E-state index is -0.421. The number of thiazole rings is 1. The Morgan fingerprint density at radius 3 is 2.71 bits per heavy atom. The Hall–Kier alpha value is -0.530. The fourth-order valence-electron chi connectivity index (χ4n) is 0.968. The average molecular weight is 291 g/mol. The molecule has 17 heavy (non-hydrogen) atoms. The molecule has 0 saturated carbocycles. The predicted molar refractivity (Wildman–Crippen MR) is 71.3 cm³/mol. The molecule has 1 aromatic heterocycles. The molecule has 0 unspecified atom stereocenters. The molecular formula is C10H13NO3S3. The normalized spacial score (nSPS) is 10.3. The zero-order valence-electron chi connectivity index (χ0n) is 9.81. The van der Waals surface area contributed by atoms with Crippen molar-refractivity contribution in [3.8, 4) is 0 Å². The molecule has 0 saturated heterocycles. The first-order chi connectivity index (χ1) is 8.08. The van der Waals surface area contributed by atoms with Crippen LogP contribution in [0, 0.1) is 0 Å². The van der Waals surface area contributed by atoms with Gasteiger partial charge in [0.25, 0.3) is 0 Å². The highest BCUT2D eigenvalue weighted by molar-refractivity contribution is 8.03. The van der Waals surface area contributed by atoms with Crippen molar-refractivity contribution in [2.24, 2.45) is 0 Å². The van der Waals surface area contributed by atoms with Gasteiger partial charge in [-0.05, 0) is 20.1 Å². The Labute approximate surface area is 113 Å². The lowest BCUT2D eigenvalue weighted by Gasteiger charge is -2.00. The molecule has 94 valence electrons. The molecule has 0 amide bonds. The SMILES string of the molecule is CCOC(=O)c1nc(SC)sc1SCC(C)=O. The van der Waals surface area contributed by atoms with E-state index in [0.717, 1.165) is 8.55 Å². The zero-order valence-corrected chi connectivity index (χ0v) is 12.3. The number of hydrogen-bond acceptors (Lipinski definition) is 7. The summed E-state index contributed by atoms with van der Waals surface area (Å²) in [6.07, 6.45) is 1.90. The monoisotopic (exact) mass is 291 g/mol. The van der Waals surface area contributed by atoms with Crippen LogP contribution in [0.15, 0.2) is 8.55 Å². The molecule has 0 aromatic carbocycles. The molecule has 0 aliphatic rings. The highest BCUT2D eigenvalue weighted by atomic mass is 32.2. The number of thioether (sulfide) groups is 2. The molecule has 1 aromatic rings. The third kappa shape index (κ3) is 4.33. The van der Waals surface area contributed by atoms with Gasteiger partial charge in [-0.2, -0.15) is 0 Å². The summed E-state index contributed by atoms with van der Waals surface area (Å²) >= 11 is 4.23. The van der Waals surface area contributed by atoms with Crippen LogP contribution in [0.3, 0.4) is 0 Å². The van der Waals surface area contributed by atoms with Gasteiger partial charge in [-0.1, -0.05) is 11.8 Å². The van der Waals surface area contributed by atoms with Crippen LogP contribution >= 0.6 is 34.9 Å². The lowest BCUT2D eigenvalue weighted by atomic mass is 10.5. The Kier molecular flexibility index (Phi) is 6.01. The van der Waals surface area contributed by atoms with E-state index in [1.807, 2.05) is 6.26 Å². The number of ketones is 1. The van der Waals surface area contributed by atoms with Gasteiger partial charge in [0.05, 0.1) is 16.6 Å². The van der Waals surface area contributed by atoms with E-state index in [0.29, 0.717) is 18.1 Å². The molecule has 0 aliphatic carbocycles. The van der Waals surface area contributed by atoms with Crippen LogP contribution in [0.2, 0.25) is 0 Å². The highest BCUT2D eigenvalue weighted by Gasteiger charge is 2.19. The highest BCUT2D eigenvalue weighted by Crippen LogP contribution is 2.34. The van der Waals surface area contributed by atoms with E-state index in [9.17, 15) is 9.59 Å². The number of hydrogen-bond donors (Lipinski definition) is 0. The van der Waals surface area contributed by atoms with E-state index in [2.05, 4.69) is 4.98 Å². The smallest absolute Gasteiger partial charge is 0.359 e. The number of rotatable bonds is 6. The number of esters is 1. The molecule has 0 fully saturated rings. The fraction of sp³-hybridized carbons (Fsp3) is 0.500. The van der Waals surface area contributed by atoms with Gasteiger partial charge in [0.15, 0.2) is 10.0 Å². The van der Waals surface area contributed by atoms with Crippen LogP contribution in [0.25, 0.3) is 0 Å². The molecule has 0 spiro atoms. The molecule has 0 aliphatic heterocycles. The van der Waals surface area contributed by atoms with Gasteiger partial charge in [-0.3, -0.25) is 4.79 Å². The van der Waals surface area contributed by atoms with Crippen LogP contribution in [0.4, 0.5) is 0 Å². The van der Waals surface area contributed by atoms with Crippen LogP contribution in [0.1, 0.15) is 24.3 Å². The van der Waals surface area contributed by atoms with Gasteiger partial charge in [0, 0.05) is 0 Å². The van der Waals surface area contributed by atoms with Gasteiger partial charge >= 0.3 is 5.97 Å². The van der Waals surface area contributed by atoms with E-state index < -0.39 is 5.97 Å². The number of Topliss-reactive ketones (excluding diaryl/α,β-unsaturated/α-hetero) is 1. The van der Waals surface area contributed by atoms with Crippen molar-refractivity contribution in [2.75, 3.05) is 18.6 Å². The third-order valence-electron chi connectivity index (χ3n) is 1.63. The molecular weight excluding hydrogens is 278 g/mol. The minimum Gasteiger partial charge on any atom is -0.461 e. The molecule has 0 N–H and O–H groups in total. The van der Waals surface area contributed by atoms with Crippen molar-refractivity contribution in [2.45, 2.75) is 22.4 Å². The second-order valence-electron chi connectivity index (χ2n) is 3.03. The van der Waals surface area contributed by atoms with E-state index in [-0.39, 0.29) is 5.78 Å². The Balaban J connectivity index is 2.88. The van der Waals surface area contributed by atoms with Crippen LogP contribution in [-0.4, -0.2) is 35.4 Å². The summed E-state index contributed by atoms with van der Waals surface area (Å²) in [5, 5.41) is 0. The molecule has 0 bridgehead atoms. The van der Waals surface area contributed by atoms with Crippen molar-refractivity contribution in [3.63, 3.8) is 0 Å². The maximum absolute atomic E-state index is 11.7. The van der Waals surface area contributed by atoms with Gasteiger partial charge < -0.3 is 4.74 Å². The topological polar surface area (TPSA) is 56.3 Å².